The number of Topliss-reactive ketones (excluding diaryl/α,β-unsaturated/α-hetero) is 1. The highest BCUT2D eigenvalue weighted by atomic mass is 16.5. The van der Waals surface area contributed by atoms with Crippen LogP contribution in [0.2, 0.25) is 0 Å². The predicted molar refractivity (Wildman–Crippen MR) is 90.1 cm³/mol. The maximum Gasteiger partial charge on any atom is 0.323 e. The van der Waals surface area contributed by atoms with E-state index in [4.69, 9.17) is 9.47 Å². The van der Waals surface area contributed by atoms with Crippen molar-refractivity contribution in [3.8, 4) is 5.75 Å². The Morgan fingerprint density at radius 3 is 2.58 bits per heavy atom. The zero-order valence-corrected chi connectivity index (χ0v) is 13.5. The lowest BCUT2D eigenvalue weighted by Gasteiger charge is -2.23. The summed E-state index contributed by atoms with van der Waals surface area (Å²) in [4.78, 5) is 29.9. The fourth-order valence-electron chi connectivity index (χ4n) is 2.70. The van der Waals surface area contributed by atoms with Crippen LogP contribution in [0.15, 0.2) is 53.5 Å². The summed E-state index contributed by atoms with van der Waals surface area (Å²) in [5.74, 6) is -1.43. The number of esters is 1. The van der Waals surface area contributed by atoms with Gasteiger partial charge in [0.25, 0.3) is 0 Å². The van der Waals surface area contributed by atoms with Crippen molar-refractivity contribution in [2.24, 2.45) is 10.9 Å². The molecule has 1 unspecified atom stereocenters. The Bertz CT molecular complexity index is 811. The summed E-state index contributed by atoms with van der Waals surface area (Å²) in [6.45, 7) is 1.91. The molecular weight excluding hydrogens is 306 g/mol. The van der Waals surface area contributed by atoms with Gasteiger partial charge in [-0.3, -0.25) is 14.6 Å². The Morgan fingerprint density at radius 2 is 1.92 bits per heavy atom. The van der Waals surface area contributed by atoms with E-state index in [1.807, 2.05) is 30.3 Å². The molecule has 2 aromatic carbocycles. The Morgan fingerprint density at radius 1 is 1.17 bits per heavy atom. The molecule has 1 aliphatic rings. The van der Waals surface area contributed by atoms with E-state index in [1.165, 1.54) is 7.11 Å². The van der Waals surface area contributed by atoms with Gasteiger partial charge < -0.3 is 9.47 Å². The van der Waals surface area contributed by atoms with E-state index >= 15 is 0 Å². The maximum absolute atomic E-state index is 12.9. The van der Waals surface area contributed by atoms with Crippen LogP contribution in [0, 0.1) is 5.92 Å². The van der Waals surface area contributed by atoms with Gasteiger partial charge in [0.05, 0.1) is 25.1 Å². The molecule has 0 amide bonds. The van der Waals surface area contributed by atoms with Crippen LogP contribution in [0.5, 0.6) is 5.75 Å². The minimum absolute atomic E-state index is 0.204. The number of ketones is 1. The Labute approximate surface area is 139 Å². The molecule has 0 N–H and O–H groups in total. The minimum Gasteiger partial charge on any atom is -0.497 e. The van der Waals surface area contributed by atoms with Gasteiger partial charge in [-0.1, -0.05) is 30.3 Å². The van der Waals surface area contributed by atoms with E-state index in [0.29, 0.717) is 22.7 Å². The number of ether oxygens (including phenoxy) is 2. The summed E-state index contributed by atoms with van der Waals surface area (Å²) in [5.41, 5.74) is 2.04. The number of hydrogen-bond acceptors (Lipinski definition) is 5. The summed E-state index contributed by atoms with van der Waals surface area (Å²) < 4.78 is 10.3. The molecule has 0 fully saturated rings. The molecule has 0 aromatic heterocycles. The number of hydrogen-bond donors (Lipinski definition) is 0. The molecule has 1 atom stereocenters. The molecule has 2 aromatic rings. The van der Waals surface area contributed by atoms with E-state index in [1.54, 1.807) is 25.1 Å². The number of benzene rings is 2. The summed E-state index contributed by atoms with van der Waals surface area (Å²) in [5, 5.41) is 0. The summed E-state index contributed by atoms with van der Waals surface area (Å²) in [7, 11) is 1.52. The highest BCUT2D eigenvalue weighted by Crippen LogP contribution is 2.34. The third-order valence-corrected chi connectivity index (χ3v) is 3.84. The van der Waals surface area contributed by atoms with Gasteiger partial charge in [0, 0.05) is 5.56 Å². The van der Waals surface area contributed by atoms with E-state index in [2.05, 4.69) is 4.99 Å². The Hall–Kier alpha value is -2.95. The molecule has 3 rings (SSSR count). The summed E-state index contributed by atoms with van der Waals surface area (Å²) in [6.07, 6.45) is 0. The van der Waals surface area contributed by atoms with Gasteiger partial charge in [0.2, 0.25) is 0 Å². The first-order valence-electron chi connectivity index (χ1n) is 7.68. The van der Waals surface area contributed by atoms with Crippen LogP contribution in [0.25, 0.3) is 0 Å². The number of fused-ring (bicyclic) bond motifs is 1. The van der Waals surface area contributed by atoms with Crippen LogP contribution < -0.4 is 4.74 Å². The Balaban J connectivity index is 2.16. The fraction of sp³-hybridized carbons (Fsp3) is 0.211. The molecule has 0 radical (unpaired) electrons. The molecule has 24 heavy (non-hydrogen) atoms. The molecule has 0 bridgehead atoms. The number of methoxy groups -OCH3 is 1. The average Bonchev–Trinajstić information content (AvgIpc) is 2.62. The number of rotatable bonds is 4. The highest BCUT2D eigenvalue weighted by Gasteiger charge is 2.39. The van der Waals surface area contributed by atoms with Gasteiger partial charge in [-0.2, -0.15) is 0 Å². The van der Waals surface area contributed by atoms with Gasteiger partial charge in [0.15, 0.2) is 11.7 Å². The lowest BCUT2D eigenvalue weighted by atomic mass is 9.86. The molecule has 5 heteroatoms. The number of aliphatic imine (C=N–C) groups is 1. The van der Waals surface area contributed by atoms with E-state index in [0.717, 1.165) is 5.56 Å². The van der Waals surface area contributed by atoms with Crippen molar-refractivity contribution >= 4 is 23.2 Å². The van der Waals surface area contributed by atoms with Crippen molar-refractivity contribution in [2.45, 2.75) is 6.92 Å². The number of carbonyl (C=O) groups is 2. The standard InChI is InChI=1S/C19H17NO4/c1-3-24-19(22)16-17(12-7-5-4-6-8-12)20-15-10-9-13(23-2)11-14(15)18(16)21/h4-11,16H,3H2,1-2H3. The molecule has 1 aliphatic heterocycles. The predicted octanol–water partition coefficient (Wildman–Crippen LogP) is 3.19. The highest BCUT2D eigenvalue weighted by molar-refractivity contribution is 6.31. The van der Waals surface area contributed by atoms with Gasteiger partial charge in [-0.15, -0.1) is 0 Å². The molecule has 1 heterocycles. The average molecular weight is 323 g/mol. The van der Waals surface area contributed by atoms with Crippen molar-refractivity contribution in [1.29, 1.82) is 0 Å². The van der Waals surface area contributed by atoms with Crippen LogP contribution in [0.4, 0.5) is 5.69 Å². The number of nitrogens with zero attached hydrogens (tertiary/aromatic N) is 1. The van der Waals surface area contributed by atoms with E-state index in [-0.39, 0.29) is 12.4 Å². The summed E-state index contributed by atoms with van der Waals surface area (Å²) in [6, 6.07) is 14.3. The molecule has 5 nitrogen and oxygen atoms in total. The quantitative estimate of drug-likeness (QED) is 0.640. The molecule has 0 spiro atoms. The Kier molecular flexibility index (Phi) is 4.42. The third-order valence-electron chi connectivity index (χ3n) is 3.84. The first-order valence-corrected chi connectivity index (χ1v) is 7.68. The van der Waals surface area contributed by atoms with Crippen LogP contribution in [0.3, 0.4) is 0 Å². The van der Waals surface area contributed by atoms with Crippen molar-refractivity contribution in [3.05, 3.63) is 59.7 Å². The SMILES string of the molecule is CCOC(=O)C1C(=O)c2cc(OC)ccc2N=C1c1ccccc1. The lowest BCUT2D eigenvalue weighted by Crippen LogP contribution is -2.36. The molecule has 0 saturated carbocycles. The zero-order valence-electron chi connectivity index (χ0n) is 13.5. The maximum atomic E-state index is 12.9. The van der Waals surface area contributed by atoms with E-state index < -0.39 is 11.9 Å². The molecule has 0 saturated heterocycles. The zero-order chi connectivity index (χ0) is 17.1. The van der Waals surface area contributed by atoms with Crippen LogP contribution in [-0.2, 0) is 9.53 Å². The van der Waals surface area contributed by atoms with Gasteiger partial charge in [-0.25, -0.2) is 0 Å². The van der Waals surface area contributed by atoms with Crippen molar-refractivity contribution in [1.82, 2.24) is 0 Å². The minimum atomic E-state index is -1.06. The van der Waals surface area contributed by atoms with Crippen molar-refractivity contribution in [2.75, 3.05) is 13.7 Å². The third kappa shape index (κ3) is 2.80. The second-order valence-corrected chi connectivity index (χ2v) is 5.30. The molecule has 122 valence electrons. The van der Waals surface area contributed by atoms with Gasteiger partial charge in [-0.05, 0) is 30.7 Å². The van der Waals surface area contributed by atoms with Crippen molar-refractivity contribution in [3.63, 3.8) is 0 Å². The van der Waals surface area contributed by atoms with E-state index in [9.17, 15) is 9.59 Å². The van der Waals surface area contributed by atoms with Crippen LogP contribution in [-0.4, -0.2) is 31.2 Å². The molecule has 0 aliphatic carbocycles. The largest absolute Gasteiger partial charge is 0.497 e. The first-order chi connectivity index (χ1) is 11.7. The van der Waals surface area contributed by atoms with Crippen molar-refractivity contribution < 1.29 is 19.1 Å². The first kappa shape index (κ1) is 15.9. The second kappa shape index (κ2) is 6.66. The lowest BCUT2D eigenvalue weighted by molar-refractivity contribution is -0.144. The van der Waals surface area contributed by atoms with Crippen LogP contribution >= 0.6 is 0 Å². The smallest absolute Gasteiger partial charge is 0.323 e. The topological polar surface area (TPSA) is 65.0 Å². The monoisotopic (exact) mass is 323 g/mol. The normalized spacial score (nSPS) is 16.2. The fourth-order valence-corrected chi connectivity index (χ4v) is 2.70. The van der Waals surface area contributed by atoms with Crippen LogP contribution in [0.1, 0.15) is 22.8 Å². The summed E-state index contributed by atoms with van der Waals surface area (Å²) >= 11 is 0. The second-order valence-electron chi connectivity index (χ2n) is 5.30. The van der Waals surface area contributed by atoms with Gasteiger partial charge >= 0.3 is 5.97 Å². The molecular formula is C19H17NO4. The number of carbonyl (C=O) groups excluding carboxylic acids is 2. The van der Waals surface area contributed by atoms with Gasteiger partial charge in [0.1, 0.15) is 5.75 Å².